The summed E-state index contributed by atoms with van der Waals surface area (Å²) in [5, 5.41) is 0. The molecule has 17 heavy (non-hydrogen) atoms. The van der Waals surface area contributed by atoms with Crippen LogP contribution in [0.5, 0.6) is 0 Å². The Kier molecular flexibility index (Phi) is 4.91. The summed E-state index contributed by atoms with van der Waals surface area (Å²) in [5.74, 6) is -0.256. The first-order valence-electron chi connectivity index (χ1n) is 5.65. The average molecular weight is 264 g/mol. The van der Waals surface area contributed by atoms with Crippen molar-refractivity contribution in [3.05, 3.63) is 0 Å². The van der Waals surface area contributed by atoms with Gasteiger partial charge in [0.1, 0.15) is 6.04 Å². The van der Waals surface area contributed by atoms with Crippen molar-refractivity contribution in [3.8, 4) is 0 Å². The summed E-state index contributed by atoms with van der Waals surface area (Å²) in [7, 11) is -3.38. The molecule has 0 unspecified atom stereocenters. The van der Waals surface area contributed by atoms with Crippen molar-refractivity contribution in [2.75, 3.05) is 32.6 Å². The number of nitrogens with zero attached hydrogens (tertiary/aromatic N) is 1. The van der Waals surface area contributed by atoms with E-state index in [1.165, 1.54) is 0 Å². The molecular weight excluding hydrogens is 244 g/mol. The van der Waals surface area contributed by atoms with Crippen LogP contribution in [0.4, 0.5) is 0 Å². The lowest BCUT2D eigenvalue weighted by Gasteiger charge is -2.31. The van der Waals surface area contributed by atoms with Crippen LogP contribution in [-0.2, 0) is 19.6 Å². The Hall–Kier alpha value is -0.660. The fraction of sp³-hybridized carbons (Fsp3) is 0.900. The summed E-state index contributed by atoms with van der Waals surface area (Å²) in [6, 6.07) is -0.692. The molecular formula is C10H20N2O4S. The number of carbonyl (C=O) groups excluding carboxylic acids is 1. The molecule has 0 aliphatic carbocycles. The van der Waals surface area contributed by atoms with Gasteiger partial charge >= 0.3 is 0 Å². The molecule has 1 atom stereocenters. The van der Waals surface area contributed by atoms with E-state index in [-0.39, 0.29) is 11.8 Å². The molecule has 6 nitrogen and oxygen atoms in total. The number of carbonyl (C=O) groups is 1. The smallest absolute Gasteiger partial charge is 0.241 e. The molecule has 100 valence electrons. The van der Waals surface area contributed by atoms with Gasteiger partial charge in [0.05, 0.1) is 19.5 Å². The van der Waals surface area contributed by atoms with Crippen molar-refractivity contribution in [3.63, 3.8) is 0 Å². The summed E-state index contributed by atoms with van der Waals surface area (Å²) in [5.41, 5.74) is 0. The van der Waals surface area contributed by atoms with Crippen molar-refractivity contribution in [1.82, 2.24) is 9.62 Å². The number of hydrogen-bond acceptors (Lipinski definition) is 4. The van der Waals surface area contributed by atoms with Gasteiger partial charge in [0, 0.05) is 13.1 Å². The fourth-order valence-corrected chi connectivity index (χ4v) is 2.52. The number of ether oxygens (including phenoxy) is 1. The van der Waals surface area contributed by atoms with E-state index in [0.717, 1.165) is 6.26 Å². The Morgan fingerprint density at radius 3 is 2.24 bits per heavy atom. The molecule has 0 aromatic carbocycles. The Morgan fingerprint density at radius 1 is 1.29 bits per heavy atom. The molecule has 0 aromatic rings. The van der Waals surface area contributed by atoms with Gasteiger partial charge in [-0.15, -0.1) is 0 Å². The van der Waals surface area contributed by atoms with Crippen LogP contribution in [0.3, 0.4) is 0 Å². The second-order valence-corrected chi connectivity index (χ2v) is 6.33. The summed E-state index contributed by atoms with van der Waals surface area (Å²) < 4.78 is 30.0. The zero-order valence-corrected chi connectivity index (χ0v) is 11.3. The quantitative estimate of drug-likeness (QED) is 0.737. The summed E-state index contributed by atoms with van der Waals surface area (Å²) in [6.07, 6.45) is 1.06. The van der Waals surface area contributed by atoms with Crippen LogP contribution in [0, 0.1) is 5.92 Å². The van der Waals surface area contributed by atoms with Crippen molar-refractivity contribution in [1.29, 1.82) is 0 Å². The van der Waals surface area contributed by atoms with E-state index in [1.807, 2.05) is 13.8 Å². The average Bonchev–Trinajstić information content (AvgIpc) is 2.25. The molecule has 0 aromatic heterocycles. The van der Waals surface area contributed by atoms with Crippen LogP contribution in [0.15, 0.2) is 0 Å². The van der Waals surface area contributed by atoms with Crippen LogP contribution >= 0.6 is 0 Å². The molecule has 1 N–H and O–H groups in total. The van der Waals surface area contributed by atoms with Gasteiger partial charge in [0.25, 0.3) is 0 Å². The maximum absolute atomic E-state index is 12.2. The van der Waals surface area contributed by atoms with Crippen LogP contribution in [0.25, 0.3) is 0 Å². The van der Waals surface area contributed by atoms with Crippen LogP contribution in [0.2, 0.25) is 0 Å². The highest BCUT2D eigenvalue weighted by Crippen LogP contribution is 2.09. The van der Waals surface area contributed by atoms with Gasteiger partial charge in [-0.2, -0.15) is 0 Å². The highest BCUT2D eigenvalue weighted by molar-refractivity contribution is 7.88. The molecule has 0 bridgehead atoms. The Labute approximate surface area is 102 Å². The molecule has 0 saturated carbocycles. The van der Waals surface area contributed by atoms with Crippen molar-refractivity contribution in [2.24, 2.45) is 5.92 Å². The maximum atomic E-state index is 12.2. The van der Waals surface area contributed by atoms with Gasteiger partial charge in [-0.25, -0.2) is 13.1 Å². The largest absolute Gasteiger partial charge is 0.378 e. The molecule has 1 aliphatic rings. The predicted molar refractivity (Wildman–Crippen MR) is 64.0 cm³/mol. The molecule has 1 amide bonds. The summed E-state index contributed by atoms with van der Waals surface area (Å²) in [6.45, 7) is 5.70. The predicted octanol–water partition coefficient (Wildman–Crippen LogP) is -0.581. The molecule has 0 spiro atoms. The number of rotatable bonds is 4. The Balaban J connectivity index is 2.72. The van der Waals surface area contributed by atoms with Crippen molar-refractivity contribution < 1.29 is 17.9 Å². The van der Waals surface area contributed by atoms with Crippen LogP contribution < -0.4 is 4.72 Å². The fourth-order valence-electron chi connectivity index (χ4n) is 1.68. The van der Waals surface area contributed by atoms with Gasteiger partial charge in [-0.1, -0.05) is 13.8 Å². The molecule has 1 rings (SSSR count). The first-order chi connectivity index (χ1) is 7.81. The summed E-state index contributed by atoms with van der Waals surface area (Å²) >= 11 is 0. The maximum Gasteiger partial charge on any atom is 0.241 e. The Morgan fingerprint density at radius 2 is 1.82 bits per heavy atom. The van der Waals surface area contributed by atoms with E-state index < -0.39 is 16.1 Å². The van der Waals surface area contributed by atoms with Crippen LogP contribution in [-0.4, -0.2) is 57.8 Å². The summed E-state index contributed by atoms with van der Waals surface area (Å²) in [4.78, 5) is 13.8. The Bertz CT molecular complexity index is 361. The number of nitrogens with one attached hydrogen (secondary N) is 1. The van der Waals surface area contributed by atoms with Gasteiger partial charge in [-0.3, -0.25) is 4.79 Å². The topological polar surface area (TPSA) is 75.7 Å². The van der Waals surface area contributed by atoms with Gasteiger partial charge in [-0.05, 0) is 5.92 Å². The highest BCUT2D eigenvalue weighted by Gasteiger charge is 2.30. The molecule has 1 aliphatic heterocycles. The lowest BCUT2D eigenvalue weighted by atomic mass is 10.0. The van der Waals surface area contributed by atoms with E-state index >= 15 is 0 Å². The number of sulfonamides is 1. The normalized spacial score (nSPS) is 19.4. The number of morpholine rings is 1. The zero-order chi connectivity index (χ0) is 13.1. The van der Waals surface area contributed by atoms with E-state index in [9.17, 15) is 13.2 Å². The van der Waals surface area contributed by atoms with Gasteiger partial charge in [0.2, 0.25) is 15.9 Å². The minimum absolute atomic E-state index is 0.0833. The molecule has 7 heteroatoms. The van der Waals surface area contributed by atoms with E-state index in [2.05, 4.69) is 4.72 Å². The SMILES string of the molecule is CC(C)[C@@H](NS(C)(=O)=O)C(=O)N1CCOCC1. The second kappa shape index (κ2) is 5.79. The minimum Gasteiger partial charge on any atom is -0.378 e. The first kappa shape index (κ1) is 14.4. The third kappa shape index (κ3) is 4.61. The molecule has 1 fully saturated rings. The standard InChI is InChI=1S/C10H20N2O4S/c1-8(2)9(11-17(3,14)15)10(13)12-4-6-16-7-5-12/h8-9,11H,4-7H2,1-3H3/t9-/m1/s1. The lowest BCUT2D eigenvalue weighted by Crippen LogP contribution is -2.53. The van der Waals surface area contributed by atoms with Gasteiger partial charge < -0.3 is 9.64 Å². The molecule has 1 saturated heterocycles. The van der Waals surface area contributed by atoms with E-state index in [0.29, 0.717) is 26.3 Å². The lowest BCUT2D eigenvalue weighted by molar-refractivity contribution is -0.138. The second-order valence-electron chi connectivity index (χ2n) is 4.55. The van der Waals surface area contributed by atoms with E-state index in [4.69, 9.17) is 4.74 Å². The highest BCUT2D eigenvalue weighted by atomic mass is 32.2. The first-order valence-corrected chi connectivity index (χ1v) is 7.54. The number of hydrogen-bond donors (Lipinski definition) is 1. The van der Waals surface area contributed by atoms with Gasteiger partial charge in [0.15, 0.2) is 0 Å². The molecule has 0 radical (unpaired) electrons. The molecule has 1 heterocycles. The van der Waals surface area contributed by atoms with E-state index in [1.54, 1.807) is 4.90 Å². The van der Waals surface area contributed by atoms with Crippen LogP contribution in [0.1, 0.15) is 13.8 Å². The third-order valence-corrected chi connectivity index (χ3v) is 3.28. The monoisotopic (exact) mass is 264 g/mol. The van der Waals surface area contributed by atoms with Crippen molar-refractivity contribution in [2.45, 2.75) is 19.9 Å². The zero-order valence-electron chi connectivity index (χ0n) is 10.5. The minimum atomic E-state index is -3.38. The van der Waals surface area contributed by atoms with Crippen molar-refractivity contribution >= 4 is 15.9 Å². The third-order valence-electron chi connectivity index (χ3n) is 2.60. The number of amides is 1.